The molecule has 1 aromatic heterocycles. The molecule has 3 heterocycles. The minimum Gasteiger partial charge on any atom is -0.507 e. The van der Waals surface area contributed by atoms with E-state index < -0.39 is 0 Å². The van der Waals surface area contributed by atoms with Crippen molar-refractivity contribution in [2.45, 2.75) is 25.5 Å². The van der Waals surface area contributed by atoms with Gasteiger partial charge < -0.3 is 19.6 Å². The molecule has 0 aliphatic carbocycles. The lowest BCUT2D eigenvalue weighted by Gasteiger charge is -2.46. The fourth-order valence-electron chi connectivity index (χ4n) is 3.90. The molecule has 0 radical (unpaired) electrons. The lowest BCUT2D eigenvalue weighted by molar-refractivity contribution is -0.0246. The van der Waals surface area contributed by atoms with Gasteiger partial charge in [-0.1, -0.05) is 11.6 Å². The highest BCUT2D eigenvalue weighted by molar-refractivity contribution is 6.30. The number of aromatic nitrogens is 2. The van der Waals surface area contributed by atoms with Crippen LogP contribution < -0.4 is 4.90 Å². The first-order valence-electron chi connectivity index (χ1n) is 8.93. The summed E-state index contributed by atoms with van der Waals surface area (Å²) in [5.41, 5.74) is 2.29. The fourth-order valence-corrected chi connectivity index (χ4v) is 4.06. The van der Waals surface area contributed by atoms with Crippen LogP contribution in [0.25, 0.3) is 11.3 Å². The fraction of sp³-hybridized carbons (Fsp3) is 0.474. The van der Waals surface area contributed by atoms with Gasteiger partial charge in [-0.2, -0.15) is 0 Å². The normalized spacial score (nSPS) is 23.7. The molecule has 0 bridgehead atoms. The van der Waals surface area contributed by atoms with Crippen molar-refractivity contribution < 1.29 is 9.84 Å². The lowest BCUT2D eigenvalue weighted by Crippen LogP contribution is -2.59. The standard InChI is InChI=1S/C19H23ClN4O2/c1-12-9-18(21-22-19(12)14-4-3-13(20)10-16(14)25)24-7-8-26-17-5-6-23(2)11-15(17)24/h3-4,9-10,15,17,25H,5-8,11H2,1-2H3/t15-,17+/m0/s1. The Morgan fingerprint density at radius 1 is 1.23 bits per heavy atom. The number of phenolic OH excluding ortho intramolecular Hbond substituents is 1. The van der Waals surface area contributed by atoms with Crippen LogP contribution in [0.1, 0.15) is 12.0 Å². The molecule has 0 saturated carbocycles. The number of halogens is 1. The second-order valence-corrected chi connectivity index (χ2v) is 7.55. The number of hydrogen-bond acceptors (Lipinski definition) is 6. The van der Waals surface area contributed by atoms with Crippen LogP contribution in [0, 0.1) is 6.92 Å². The van der Waals surface area contributed by atoms with Crippen molar-refractivity contribution in [2.24, 2.45) is 0 Å². The van der Waals surface area contributed by atoms with Gasteiger partial charge in [0.25, 0.3) is 0 Å². The predicted molar refractivity (Wildman–Crippen MR) is 102 cm³/mol. The first kappa shape index (κ1) is 17.5. The van der Waals surface area contributed by atoms with Gasteiger partial charge in [-0.25, -0.2) is 0 Å². The largest absolute Gasteiger partial charge is 0.507 e. The quantitative estimate of drug-likeness (QED) is 0.872. The number of ether oxygens (including phenoxy) is 1. The second-order valence-electron chi connectivity index (χ2n) is 7.12. The second kappa shape index (κ2) is 7.02. The summed E-state index contributed by atoms with van der Waals surface area (Å²) in [4.78, 5) is 4.65. The molecule has 0 spiro atoms. The molecule has 6 nitrogen and oxygen atoms in total. The summed E-state index contributed by atoms with van der Waals surface area (Å²) in [7, 11) is 2.15. The third-order valence-corrected chi connectivity index (χ3v) is 5.50. The van der Waals surface area contributed by atoms with Gasteiger partial charge in [0.05, 0.1) is 24.4 Å². The maximum absolute atomic E-state index is 10.2. The molecular weight excluding hydrogens is 352 g/mol. The Bertz CT molecular complexity index is 816. The molecule has 2 aliphatic rings. The van der Waals surface area contributed by atoms with E-state index in [-0.39, 0.29) is 11.9 Å². The zero-order valence-electron chi connectivity index (χ0n) is 15.0. The molecule has 138 valence electrons. The minimum atomic E-state index is 0.114. The van der Waals surface area contributed by atoms with Crippen LogP contribution in [0.5, 0.6) is 5.75 Å². The monoisotopic (exact) mass is 374 g/mol. The van der Waals surface area contributed by atoms with Crippen LogP contribution in [-0.4, -0.2) is 65.6 Å². The molecule has 4 rings (SSSR count). The third-order valence-electron chi connectivity index (χ3n) is 5.27. The van der Waals surface area contributed by atoms with Crippen molar-refractivity contribution in [3.05, 3.63) is 34.9 Å². The molecule has 0 amide bonds. The van der Waals surface area contributed by atoms with Crippen LogP contribution in [-0.2, 0) is 4.74 Å². The summed E-state index contributed by atoms with van der Waals surface area (Å²) in [6.07, 6.45) is 1.29. The number of nitrogens with zero attached hydrogens (tertiary/aromatic N) is 4. The zero-order chi connectivity index (χ0) is 18.3. The van der Waals surface area contributed by atoms with Crippen molar-refractivity contribution in [1.29, 1.82) is 0 Å². The number of morpholine rings is 1. The van der Waals surface area contributed by atoms with E-state index in [0.29, 0.717) is 28.9 Å². The van der Waals surface area contributed by atoms with E-state index >= 15 is 0 Å². The molecule has 2 fully saturated rings. The molecule has 2 atom stereocenters. The van der Waals surface area contributed by atoms with Crippen LogP contribution in [0.2, 0.25) is 5.02 Å². The summed E-state index contributed by atoms with van der Waals surface area (Å²) in [5, 5.41) is 19.6. The summed E-state index contributed by atoms with van der Waals surface area (Å²) in [5.74, 6) is 0.983. The van der Waals surface area contributed by atoms with E-state index in [1.807, 2.05) is 13.0 Å². The highest BCUT2D eigenvalue weighted by Gasteiger charge is 2.37. The number of anilines is 1. The lowest BCUT2D eigenvalue weighted by atomic mass is 9.99. The van der Waals surface area contributed by atoms with Crippen molar-refractivity contribution in [3.63, 3.8) is 0 Å². The zero-order valence-corrected chi connectivity index (χ0v) is 15.8. The van der Waals surface area contributed by atoms with Crippen LogP contribution in [0.4, 0.5) is 5.82 Å². The Hall–Kier alpha value is -1.89. The SMILES string of the molecule is Cc1cc(N2CCO[C@@H]3CCN(C)C[C@@H]32)nnc1-c1ccc(Cl)cc1O. The van der Waals surface area contributed by atoms with Crippen molar-refractivity contribution in [1.82, 2.24) is 15.1 Å². The Morgan fingerprint density at radius 2 is 2.08 bits per heavy atom. The van der Waals surface area contributed by atoms with Crippen molar-refractivity contribution >= 4 is 17.4 Å². The molecule has 2 aromatic rings. The minimum absolute atomic E-state index is 0.114. The molecule has 2 saturated heterocycles. The summed E-state index contributed by atoms with van der Waals surface area (Å²) in [6.45, 7) is 5.55. The van der Waals surface area contributed by atoms with Gasteiger partial charge >= 0.3 is 0 Å². The number of aryl methyl sites for hydroxylation is 1. The summed E-state index contributed by atoms with van der Waals surface area (Å²) in [6, 6.07) is 7.39. The average Bonchev–Trinajstić information content (AvgIpc) is 2.62. The van der Waals surface area contributed by atoms with Crippen LogP contribution in [0.15, 0.2) is 24.3 Å². The van der Waals surface area contributed by atoms with Crippen LogP contribution in [0.3, 0.4) is 0 Å². The average molecular weight is 375 g/mol. The number of benzene rings is 1. The maximum Gasteiger partial charge on any atom is 0.152 e. The predicted octanol–water partition coefficient (Wildman–Crippen LogP) is 2.72. The molecule has 2 aliphatic heterocycles. The third kappa shape index (κ3) is 3.24. The Kier molecular flexibility index (Phi) is 4.73. The highest BCUT2D eigenvalue weighted by Crippen LogP contribution is 2.33. The molecule has 0 unspecified atom stereocenters. The van der Waals surface area contributed by atoms with Gasteiger partial charge in [-0.3, -0.25) is 0 Å². The summed E-state index contributed by atoms with van der Waals surface area (Å²) >= 11 is 5.93. The van der Waals surface area contributed by atoms with Crippen LogP contribution >= 0.6 is 11.6 Å². The Morgan fingerprint density at radius 3 is 2.85 bits per heavy atom. The molecule has 1 N–H and O–H groups in total. The maximum atomic E-state index is 10.2. The number of fused-ring (bicyclic) bond motifs is 1. The highest BCUT2D eigenvalue weighted by atomic mass is 35.5. The number of rotatable bonds is 2. The smallest absolute Gasteiger partial charge is 0.152 e. The number of aromatic hydroxyl groups is 1. The first-order chi connectivity index (χ1) is 12.5. The van der Waals surface area contributed by atoms with Gasteiger partial charge in [0, 0.05) is 30.2 Å². The molecular formula is C19H23ClN4O2. The van der Waals surface area contributed by atoms with Gasteiger partial charge in [-0.15, -0.1) is 10.2 Å². The van der Waals surface area contributed by atoms with E-state index in [1.165, 1.54) is 6.07 Å². The van der Waals surface area contributed by atoms with E-state index in [2.05, 4.69) is 27.0 Å². The van der Waals surface area contributed by atoms with Gasteiger partial charge in [-0.05, 0) is 50.2 Å². The Balaban J connectivity index is 1.65. The number of phenols is 1. The number of likely N-dealkylation sites (tertiary alicyclic amines) is 1. The van der Waals surface area contributed by atoms with E-state index in [9.17, 15) is 5.11 Å². The first-order valence-corrected chi connectivity index (χ1v) is 9.31. The van der Waals surface area contributed by atoms with E-state index in [1.54, 1.807) is 12.1 Å². The number of likely N-dealkylation sites (N-methyl/N-ethyl adjacent to an activating group) is 1. The van der Waals surface area contributed by atoms with E-state index in [4.69, 9.17) is 16.3 Å². The Labute approximate surface area is 158 Å². The van der Waals surface area contributed by atoms with Crippen molar-refractivity contribution in [2.75, 3.05) is 38.2 Å². The topological polar surface area (TPSA) is 61.7 Å². The number of piperidine rings is 1. The van der Waals surface area contributed by atoms with Crippen molar-refractivity contribution in [3.8, 4) is 17.0 Å². The molecule has 26 heavy (non-hydrogen) atoms. The van der Waals surface area contributed by atoms with Gasteiger partial charge in [0.15, 0.2) is 5.82 Å². The molecule has 1 aromatic carbocycles. The summed E-state index contributed by atoms with van der Waals surface area (Å²) < 4.78 is 5.97. The van der Waals surface area contributed by atoms with E-state index in [0.717, 1.165) is 37.4 Å². The van der Waals surface area contributed by atoms with Gasteiger partial charge in [0.2, 0.25) is 0 Å². The van der Waals surface area contributed by atoms with Gasteiger partial charge in [0.1, 0.15) is 5.75 Å². The number of hydrogen-bond donors (Lipinski definition) is 1. The molecule has 7 heteroatoms.